The van der Waals surface area contributed by atoms with Crippen molar-refractivity contribution in [1.82, 2.24) is 5.32 Å². The van der Waals surface area contributed by atoms with Gasteiger partial charge in [0, 0.05) is 12.0 Å². The molecular weight excluding hydrogens is 298 g/mol. The summed E-state index contributed by atoms with van der Waals surface area (Å²) >= 11 is 0. The van der Waals surface area contributed by atoms with E-state index in [4.69, 9.17) is 0 Å². The van der Waals surface area contributed by atoms with E-state index in [-0.39, 0.29) is 17.7 Å². The molecule has 1 amide bonds. The van der Waals surface area contributed by atoms with Gasteiger partial charge < -0.3 is 5.32 Å². The molecule has 0 spiro atoms. The lowest BCUT2D eigenvalue weighted by Crippen LogP contribution is -2.33. The summed E-state index contributed by atoms with van der Waals surface area (Å²) in [6, 6.07) is 6.10. The third-order valence-electron chi connectivity index (χ3n) is 6.53. The van der Waals surface area contributed by atoms with Crippen molar-refractivity contribution in [3.05, 3.63) is 34.9 Å². The molecule has 4 unspecified atom stereocenters. The van der Waals surface area contributed by atoms with Gasteiger partial charge >= 0.3 is 0 Å². The Kier molecular flexibility index (Phi) is 4.19. The van der Waals surface area contributed by atoms with Crippen molar-refractivity contribution in [2.45, 2.75) is 64.3 Å². The first-order valence-electron chi connectivity index (χ1n) is 9.53. The lowest BCUT2D eigenvalue weighted by molar-refractivity contribution is -0.123. The van der Waals surface area contributed by atoms with Crippen LogP contribution in [0.25, 0.3) is 0 Å². The van der Waals surface area contributed by atoms with Crippen molar-refractivity contribution in [3.8, 4) is 0 Å². The number of ketones is 1. The van der Waals surface area contributed by atoms with Crippen LogP contribution in [-0.4, -0.2) is 11.7 Å². The zero-order valence-electron chi connectivity index (χ0n) is 14.5. The fourth-order valence-electron chi connectivity index (χ4n) is 5.30. The Morgan fingerprint density at radius 3 is 2.75 bits per heavy atom. The molecule has 0 aromatic heterocycles. The summed E-state index contributed by atoms with van der Waals surface area (Å²) in [6.45, 7) is 1.61. The highest BCUT2D eigenvalue weighted by molar-refractivity contribution is 5.94. The number of carbonyl (C=O) groups excluding carboxylic acids is 2. The molecule has 2 bridgehead atoms. The topological polar surface area (TPSA) is 46.2 Å². The maximum Gasteiger partial charge on any atom is 0.220 e. The van der Waals surface area contributed by atoms with Gasteiger partial charge in [0.25, 0.3) is 0 Å². The van der Waals surface area contributed by atoms with Crippen molar-refractivity contribution in [2.24, 2.45) is 17.8 Å². The van der Waals surface area contributed by atoms with Crippen molar-refractivity contribution in [1.29, 1.82) is 0 Å². The number of aryl methyl sites for hydroxylation is 1. The van der Waals surface area contributed by atoms with E-state index in [1.165, 1.54) is 36.8 Å². The molecule has 0 saturated heterocycles. The molecule has 2 fully saturated rings. The average Bonchev–Trinajstić information content (AvgIpc) is 3.17. The summed E-state index contributed by atoms with van der Waals surface area (Å²) in [6.07, 6.45) is 9.15. The Morgan fingerprint density at radius 1 is 1.17 bits per heavy atom. The van der Waals surface area contributed by atoms with Crippen LogP contribution in [0.3, 0.4) is 0 Å². The van der Waals surface area contributed by atoms with Crippen molar-refractivity contribution in [3.63, 3.8) is 0 Å². The van der Waals surface area contributed by atoms with E-state index in [1.54, 1.807) is 6.92 Å². The molecule has 3 aliphatic rings. The van der Waals surface area contributed by atoms with Crippen LogP contribution in [0.15, 0.2) is 18.2 Å². The highest BCUT2D eigenvalue weighted by Crippen LogP contribution is 2.49. The maximum absolute atomic E-state index is 12.6. The van der Waals surface area contributed by atoms with Crippen LogP contribution in [0.1, 0.15) is 79.4 Å². The Hall–Kier alpha value is -1.64. The van der Waals surface area contributed by atoms with Gasteiger partial charge in [-0.15, -0.1) is 0 Å². The number of rotatable bonds is 4. The van der Waals surface area contributed by atoms with Crippen LogP contribution in [0, 0.1) is 17.8 Å². The SMILES string of the molecule is CC(=O)c1ccc2c(c1)CCCC2NC(=O)CC1CC2CCC1C2. The van der Waals surface area contributed by atoms with Crippen LogP contribution >= 0.6 is 0 Å². The van der Waals surface area contributed by atoms with E-state index < -0.39 is 0 Å². The molecule has 3 nitrogen and oxygen atoms in total. The molecule has 3 aliphatic carbocycles. The molecule has 0 aliphatic heterocycles. The third kappa shape index (κ3) is 3.01. The minimum Gasteiger partial charge on any atom is -0.349 e. The van der Waals surface area contributed by atoms with Gasteiger partial charge in [-0.3, -0.25) is 9.59 Å². The Balaban J connectivity index is 1.42. The number of Topliss-reactive ketones (excluding diaryl/α,β-unsaturated/α-hetero) is 1. The summed E-state index contributed by atoms with van der Waals surface area (Å²) < 4.78 is 0. The molecule has 2 saturated carbocycles. The molecule has 0 radical (unpaired) electrons. The molecule has 3 heteroatoms. The average molecular weight is 325 g/mol. The molecule has 4 rings (SSSR count). The van der Waals surface area contributed by atoms with Gasteiger partial charge in [-0.25, -0.2) is 0 Å². The van der Waals surface area contributed by atoms with Crippen LogP contribution in [0.2, 0.25) is 0 Å². The van der Waals surface area contributed by atoms with Gasteiger partial charge in [-0.05, 0) is 80.4 Å². The predicted octanol–water partition coefficient (Wildman–Crippen LogP) is 4.21. The predicted molar refractivity (Wildman–Crippen MR) is 93.8 cm³/mol. The molecule has 24 heavy (non-hydrogen) atoms. The van der Waals surface area contributed by atoms with Gasteiger partial charge in [0.2, 0.25) is 5.91 Å². The first-order chi connectivity index (χ1) is 11.6. The lowest BCUT2D eigenvalue weighted by atomic mass is 9.84. The number of fused-ring (bicyclic) bond motifs is 3. The second-order valence-corrected chi connectivity index (χ2v) is 8.12. The zero-order valence-corrected chi connectivity index (χ0v) is 14.5. The fraction of sp³-hybridized carbons (Fsp3) is 0.619. The smallest absolute Gasteiger partial charge is 0.220 e. The quantitative estimate of drug-likeness (QED) is 0.843. The highest BCUT2D eigenvalue weighted by atomic mass is 16.1. The molecule has 4 atom stereocenters. The molecular formula is C21H27NO2. The molecule has 1 aromatic rings. The van der Waals surface area contributed by atoms with E-state index in [9.17, 15) is 9.59 Å². The Labute approximate surface area is 144 Å². The minimum atomic E-state index is 0.111. The number of hydrogen-bond acceptors (Lipinski definition) is 2. The summed E-state index contributed by atoms with van der Waals surface area (Å²) in [7, 11) is 0. The van der Waals surface area contributed by atoms with Crippen LogP contribution < -0.4 is 5.32 Å². The number of benzene rings is 1. The monoisotopic (exact) mass is 325 g/mol. The molecule has 0 heterocycles. The number of hydrogen-bond donors (Lipinski definition) is 1. The van der Waals surface area contributed by atoms with Crippen molar-refractivity contribution < 1.29 is 9.59 Å². The Morgan fingerprint density at radius 2 is 2.04 bits per heavy atom. The standard InChI is InChI=1S/C21H27NO2/c1-13(23)15-7-8-19-17(11-15)3-2-4-20(19)22-21(24)12-18-10-14-5-6-16(18)9-14/h7-8,11,14,16,18,20H,2-6,9-10,12H2,1H3,(H,22,24). The van der Waals surface area contributed by atoms with Crippen molar-refractivity contribution in [2.75, 3.05) is 0 Å². The van der Waals surface area contributed by atoms with Crippen LogP contribution in [-0.2, 0) is 11.2 Å². The number of nitrogens with one attached hydrogen (secondary N) is 1. The third-order valence-corrected chi connectivity index (χ3v) is 6.53. The van der Waals surface area contributed by atoms with Crippen LogP contribution in [0.4, 0.5) is 0 Å². The van der Waals surface area contributed by atoms with Gasteiger partial charge in [-0.1, -0.05) is 18.6 Å². The highest BCUT2D eigenvalue weighted by Gasteiger charge is 2.40. The van der Waals surface area contributed by atoms with E-state index in [0.29, 0.717) is 12.3 Å². The van der Waals surface area contributed by atoms with E-state index in [1.807, 2.05) is 18.2 Å². The van der Waals surface area contributed by atoms with E-state index in [0.717, 1.165) is 36.7 Å². The molecule has 128 valence electrons. The van der Waals surface area contributed by atoms with Gasteiger partial charge in [0.1, 0.15) is 0 Å². The largest absolute Gasteiger partial charge is 0.349 e. The first kappa shape index (κ1) is 15.9. The minimum absolute atomic E-state index is 0.111. The summed E-state index contributed by atoms with van der Waals surface area (Å²) in [5.41, 5.74) is 3.23. The second kappa shape index (κ2) is 6.34. The zero-order chi connectivity index (χ0) is 16.7. The second-order valence-electron chi connectivity index (χ2n) is 8.12. The van der Waals surface area contributed by atoms with Gasteiger partial charge in [-0.2, -0.15) is 0 Å². The maximum atomic E-state index is 12.6. The summed E-state index contributed by atoms with van der Waals surface area (Å²) in [5.74, 6) is 2.65. The van der Waals surface area contributed by atoms with Gasteiger partial charge in [0.05, 0.1) is 6.04 Å². The van der Waals surface area contributed by atoms with Gasteiger partial charge in [0.15, 0.2) is 5.78 Å². The van der Waals surface area contributed by atoms with E-state index in [2.05, 4.69) is 5.32 Å². The van der Waals surface area contributed by atoms with E-state index >= 15 is 0 Å². The fourth-order valence-corrected chi connectivity index (χ4v) is 5.30. The van der Waals surface area contributed by atoms with Crippen LogP contribution in [0.5, 0.6) is 0 Å². The summed E-state index contributed by atoms with van der Waals surface area (Å²) in [5, 5.41) is 3.29. The normalized spacial score (nSPS) is 30.9. The number of carbonyl (C=O) groups is 2. The van der Waals surface area contributed by atoms with Crippen molar-refractivity contribution >= 4 is 11.7 Å². The summed E-state index contributed by atoms with van der Waals surface area (Å²) in [4.78, 5) is 24.1. The Bertz CT molecular complexity index is 666. The molecule has 1 N–H and O–H groups in total. The lowest BCUT2D eigenvalue weighted by Gasteiger charge is -2.28. The first-order valence-corrected chi connectivity index (χ1v) is 9.53. The number of amides is 1. The molecule has 1 aromatic carbocycles.